The summed E-state index contributed by atoms with van der Waals surface area (Å²) in [6.07, 6.45) is 1.09. The molecule has 1 atom stereocenters. The summed E-state index contributed by atoms with van der Waals surface area (Å²) >= 11 is 11.4. The van der Waals surface area contributed by atoms with Crippen molar-refractivity contribution in [1.29, 1.82) is 0 Å². The minimum atomic E-state index is -1.21. The Morgan fingerprint density at radius 1 is 1.44 bits per heavy atom. The van der Waals surface area contributed by atoms with Gasteiger partial charge in [0, 0.05) is 0 Å². The topological polar surface area (TPSA) is 101 Å². The molecule has 7 nitrogen and oxygen atoms in total. The Bertz CT molecular complexity index is 449. The Balaban J connectivity index is 2.91. The van der Waals surface area contributed by atoms with Gasteiger partial charge < -0.3 is 15.2 Å². The summed E-state index contributed by atoms with van der Waals surface area (Å²) in [6.45, 7) is -0.624. The number of aromatic nitrogens is 2. The van der Waals surface area contributed by atoms with Crippen LogP contribution in [-0.2, 0) is 9.53 Å². The lowest BCUT2D eigenvalue weighted by Gasteiger charge is -2.14. The second-order valence-electron chi connectivity index (χ2n) is 3.06. The maximum absolute atomic E-state index is 11.8. The van der Waals surface area contributed by atoms with E-state index in [0.29, 0.717) is 0 Å². The Morgan fingerprint density at radius 3 is 2.44 bits per heavy atom. The van der Waals surface area contributed by atoms with Crippen LogP contribution in [0.1, 0.15) is 10.4 Å². The molecule has 0 saturated carbocycles. The molecule has 18 heavy (non-hydrogen) atoms. The van der Waals surface area contributed by atoms with E-state index in [1.165, 1.54) is 0 Å². The van der Waals surface area contributed by atoms with Gasteiger partial charge in [-0.15, -0.1) is 0 Å². The van der Waals surface area contributed by atoms with Crippen LogP contribution in [0.4, 0.5) is 0 Å². The molecule has 0 bridgehead atoms. The molecule has 0 spiro atoms. The van der Waals surface area contributed by atoms with E-state index >= 15 is 0 Å². The average molecular weight is 294 g/mol. The van der Waals surface area contributed by atoms with E-state index < -0.39 is 24.5 Å². The van der Waals surface area contributed by atoms with Crippen molar-refractivity contribution in [2.24, 2.45) is 0 Å². The molecule has 1 aromatic heterocycles. The van der Waals surface area contributed by atoms with Gasteiger partial charge in [-0.05, 0) is 0 Å². The first kappa shape index (κ1) is 14.6. The highest BCUT2D eigenvalue weighted by Gasteiger charge is 2.24. The molecule has 0 saturated heterocycles. The summed E-state index contributed by atoms with van der Waals surface area (Å²) < 4.78 is 4.39. The number of hydrogen-bond acceptors (Lipinski definition) is 6. The molecule has 1 heterocycles. The van der Waals surface area contributed by atoms with Gasteiger partial charge in [0.1, 0.15) is 22.2 Å². The number of aliphatic hydroxyl groups is 1. The summed E-state index contributed by atoms with van der Waals surface area (Å²) in [4.78, 5) is 30.2. The standard InChI is InChI=1S/C9H9Cl2N3O4/c1-18-9(17)4(2-15)14-8(16)5-6(10)12-3-13-7(5)11/h3-4,15H,2H2,1H3,(H,14,16). The van der Waals surface area contributed by atoms with Gasteiger partial charge in [-0.2, -0.15) is 0 Å². The maximum atomic E-state index is 11.8. The molecule has 9 heteroatoms. The van der Waals surface area contributed by atoms with E-state index in [2.05, 4.69) is 20.0 Å². The highest BCUT2D eigenvalue weighted by molar-refractivity contribution is 6.38. The van der Waals surface area contributed by atoms with Crippen LogP contribution in [0.25, 0.3) is 0 Å². The number of carbonyl (C=O) groups is 2. The number of esters is 1. The fourth-order valence-electron chi connectivity index (χ4n) is 1.08. The summed E-state index contributed by atoms with van der Waals surface area (Å²) in [7, 11) is 1.13. The number of ether oxygens (including phenoxy) is 1. The third-order valence-electron chi connectivity index (χ3n) is 1.96. The summed E-state index contributed by atoms with van der Waals surface area (Å²) in [5.41, 5.74) is -0.178. The van der Waals surface area contributed by atoms with Crippen molar-refractivity contribution < 1.29 is 19.4 Å². The fraction of sp³-hybridized carbons (Fsp3) is 0.333. The number of methoxy groups -OCH3 is 1. The van der Waals surface area contributed by atoms with Crippen molar-refractivity contribution in [3.8, 4) is 0 Å². The lowest BCUT2D eigenvalue weighted by molar-refractivity contribution is -0.143. The van der Waals surface area contributed by atoms with Crippen LogP contribution in [0.3, 0.4) is 0 Å². The van der Waals surface area contributed by atoms with Gasteiger partial charge in [0.2, 0.25) is 0 Å². The van der Waals surface area contributed by atoms with Crippen molar-refractivity contribution >= 4 is 35.1 Å². The molecule has 1 aromatic rings. The first-order valence-corrected chi connectivity index (χ1v) is 5.42. The number of carbonyl (C=O) groups excluding carboxylic acids is 2. The normalized spacial score (nSPS) is 11.8. The van der Waals surface area contributed by atoms with Gasteiger partial charge in [0.05, 0.1) is 13.7 Å². The van der Waals surface area contributed by atoms with E-state index in [-0.39, 0.29) is 15.9 Å². The van der Waals surface area contributed by atoms with E-state index in [1.807, 2.05) is 0 Å². The smallest absolute Gasteiger partial charge is 0.330 e. The quantitative estimate of drug-likeness (QED) is 0.601. The first-order chi connectivity index (χ1) is 8.51. The second kappa shape index (κ2) is 6.48. The second-order valence-corrected chi connectivity index (χ2v) is 3.78. The number of nitrogens with one attached hydrogen (secondary N) is 1. The number of hydrogen-bond donors (Lipinski definition) is 2. The van der Waals surface area contributed by atoms with Crippen LogP contribution in [0.2, 0.25) is 10.3 Å². The van der Waals surface area contributed by atoms with Crippen molar-refractivity contribution in [3.63, 3.8) is 0 Å². The van der Waals surface area contributed by atoms with Crippen LogP contribution in [0.15, 0.2) is 6.33 Å². The van der Waals surface area contributed by atoms with E-state index in [4.69, 9.17) is 28.3 Å². The number of halogens is 2. The monoisotopic (exact) mass is 293 g/mol. The van der Waals surface area contributed by atoms with Crippen molar-refractivity contribution in [1.82, 2.24) is 15.3 Å². The molecule has 1 amide bonds. The van der Waals surface area contributed by atoms with Crippen LogP contribution < -0.4 is 5.32 Å². The molecule has 0 aliphatic heterocycles. The molecule has 1 rings (SSSR count). The largest absolute Gasteiger partial charge is 0.467 e. The Labute approximate surface area is 112 Å². The summed E-state index contributed by atoms with van der Waals surface area (Å²) in [5, 5.41) is 10.8. The third-order valence-corrected chi connectivity index (χ3v) is 2.53. The van der Waals surface area contributed by atoms with Gasteiger partial charge >= 0.3 is 5.97 Å². The fourth-order valence-corrected chi connectivity index (χ4v) is 1.57. The summed E-state index contributed by atoms with van der Waals surface area (Å²) in [6, 6.07) is -1.21. The van der Waals surface area contributed by atoms with E-state index in [0.717, 1.165) is 13.4 Å². The highest BCUT2D eigenvalue weighted by atomic mass is 35.5. The van der Waals surface area contributed by atoms with Gasteiger partial charge in [-0.25, -0.2) is 14.8 Å². The Hall–Kier alpha value is -1.44. The third kappa shape index (κ3) is 3.28. The number of nitrogens with zero attached hydrogens (tertiary/aromatic N) is 2. The average Bonchev–Trinajstić information content (AvgIpc) is 2.34. The zero-order valence-corrected chi connectivity index (χ0v) is 10.7. The van der Waals surface area contributed by atoms with Crippen molar-refractivity contribution in [2.45, 2.75) is 6.04 Å². The predicted molar refractivity (Wildman–Crippen MR) is 62.4 cm³/mol. The Kier molecular flexibility index (Phi) is 5.26. The van der Waals surface area contributed by atoms with Crippen LogP contribution in [0, 0.1) is 0 Å². The maximum Gasteiger partial charge on any atom is 0.330 e. The predicted octanol–water partition coefficient (Wildman–Crippen LogP) is 0.0471. The van der Waals surface area contributed by atoms with Crippen LogP contribution in [0.5, 0.6) is 0 Å². The number of rotatable bonds is 4. The van der Waals surface area contributed by atoms with Crippen molar-refractivity contribution in [3.05, 3.63) is 22.2 Å². The molecule has 0 fully saturated rings. The molecule has 0 aliphatic rings. The zero-order chi connectivity index (χ0) is 13.7. The highest BCUT2D eigenvalue weighted by Crippen LogP contribution is 2.19. The lowest BCUT2D eigenvalue weighted by atomic mass is 10.2. The molecule has 0 aliphatic carbocycles. The molecule has 1 unspecified atom stereocenters. The van der Waals surface area contributed by atoms with Crippen LogP contribution >= 0.6 is 23.2 Å². The lowest BCUT2D eigenvalue weighted by Crippen LogP contribution is -2.44. The zero-order valence-electron chi connectivity index (χ0n) is 9.18. The van der Waals surface area contributed by atoms with E-state index in [1.54, 1.807) is 0 Å². The minimum absolute atomic E-state index is 0.158. The van der Waals surface area contributed by atoms with Crippen molar-refractivity contribution in [2.75, 3.05) is 13.7 Å². The molecule has 0 aromatic carbocycles. The minimum Gasteiger partial charge on any atom is -0.467 e. The molecular formula is C9H9Cl2N3O4. The molecule has 98 valence electrons. The van der Waals surface area contributed by atoms with Gasteiger partial charge in [0.15, 0.2) is 6.04 Å². The van der Waals surface area contributed by atoms with Crippen LogP contribution in [-0.4, -0.2) is 46.7 Å². The summed E-state index contributed by atoms with van der Waals surface area (Å²) in [5.74, 6) is -1.58. The Morgan fingerprint density at radius 2 is 2.00 bits per heavy atom. The molecular weight excluding hydrogens is 285 g/mol. The van der Waals surface area contributed by atoms with E-state index in [9.17, 15) is 9.59 Å². The first-order valence-electron chi connectivity index (χ1n) is 4.66. The van der Waals surface area contributed by atoms with Gasteiger partial charge in [-0.1, -0.05) is 23.2 Å². The number of amides is 1. The number of aliphatic hydroxyl groups excluding tert-OH is 1. The SMILES string of the molecule is COC(=O)C(CO)NC(=O)c1c(Cl)ncnc1Cl. The molecule has 2 N–H and O–H groups in total. The molecule has 0 radical (unpaired) electrons. The van der Waals surface area contributed by atoms with Gasteiger partial charge in [-0.3, -0.25) is 4.79 Å². The van der Waals surface area contributed by atoms with Gasteiger partial charge in [0.25, 0.3) is 5.91 Å².